The number of ether oxygens (including phenoxy) is 2. The van der Waals surface area contributed by atoms with Crippen LogP contribution in [-0.2, 0) is 9.47 Å². The van der Waals surface area contributed by atoms with Crippen molar-refractivity contribution in [3.63, 3.8) is 0 Å². The summed E-state index contributed by atoms with van der Waals surface area (Å²) < 4.78 is 10.9. The van der Waals surface area contributed by atoms with E-state index in [9.17, 15) is 14.9 Å². The highest BCUT2D eigenvalue weighted by Gasteiger charge is 2.34. The topological polar surface area (TPSA) is 93.9 Å². The Bertz CT molecular complexity index is 671. The number of hydrogen-bond donors (Lipinski definition) is 1. The highest BCUT2D eigenvalue weighted by molar-refractivity contribution is 5.68. The zero-order valence-electron chi connectivity index (χ0n) is 15.9. The predicted octanol–water partition coefficient (Wildman–Crippen LogP) is 3.34. The Kier molecular flexibility index (Phi) is 6.07. The summed E-state index contributed by atoms with van der Waals surface area (Å²) in [6.45, 7) is 8.14. The molecular formula is C18H27N3O5. The van der Waals surface area contributed by atoms with Gasteiger partial charge in [-0.2, -0.15) is 0 Å². The number of carbonyl (C=O) groups is 1. The summed E-state index contributed by atoms with van der Waals surface area (Å²) >= 11 is 0. The second kappa shape index (κ2) is 7.90. The van der Waals surface area contributed by atoms with Crippen LogP contribution in [0.25, 0.3) is 0 Å². The maximum atomic E-state index is 12.3. The molecule has 2 atom stereocenters. The molecule has 1 saturated heterocycles. The number of anilines is 1. The monoisotopic (exact) mass is 365 g/mol. The molecule has 2 rings (SSSR count). The molecule has 0 bridgehead atoms. The Morgan fingerprint density at radius 2 is 2.08 bits per heavy atom. The smallest absolute Gasteiger partial charge is 0.410 e. The average molecular weight is 365 g/mol. The van der Waals surface area contributed by atoms with Gasteiger partial charge in [0.15, 0.2) is 0 Å². The van der Waals surface area contributed by atoms with Crippen LogP contribution >= 0.6 is 0 Å². The van der Waals surface area contributed by atoms with Crippen LogP contribution in [0.5, 0.6) is 0 Å². The quantitative estimate of drug-likeness (QED) is 0.650. The van der Waals surface area contributed by atoms with Crippen molar-refractivity contribution in [2.75, 3.05) is 25.5 Å². The molecule has 0 aromatic heterocycles. The minimum Gasteiger partial charge on any atom is -0.444 e. The third-order valence-corrected chi connectivity index (χ3v) is 4.20. The number of nitrogens with zero attached hydrogens (tertiary/aromatic N) is 2. The molecule has 0 radical (unpaired) electrons. The molecule has 0 unspecified atom stereocenters. The lowest BCUT2D eigenvalue weighted by Gasteiger charge is -2.38. The number of piperidine rings is 1. The molecule has 0 aliphatic carbocycles. The van der Waals surface area contributed by atoms with Gasteiger partial charge in [-0.1, -0.05) is 6.07 Å². The standard InChI is InChI=1S/C18H27N3O5/c1-12-6-7-13(15(10-12)21(23)24)19-14-8-9-20(11-16(14)25-5)17(22)26-18(2,3)4/h6-7,10,14,16,19H,8-9,11H2,1-5H3/t14-,16-/m1/s1. The molecular weight excluding hydrogens is 338 g/mol. The highest BCUT2D eigenvalue weighted by atomic mass is 16.6. The van der Waals surface area contributed by atoms with Crippen LogP contribution in [0.1, 0.15) is 32.8 Å². The summed E-state index contributed by atoms with van der Waals surface area (Å²) in [7, 11) is 1.57. The minimum absolute atomic E-state index is 0.0365. The van der Waals surface area contributed by atoms with E-state index in [4.69, 9.17) is 9.47 Å². The molecule has 8 nitrogen and oxygen atoms in total. The van der Waals surface area contributed by atoms with Crippen LogP contribution in [0.3, 0.4) is 0 Å². The number of carbonyl (C=O) groups excluding carboxylic acids is 1. The van der Waals surface area contributed by atoms with Crippen LogP contribution in [0, 0.1) is 17.0 Å². The number of nitro benzene ring substituents is 1. The molecule has 1 aliphatic heterocycles. The van der Waals surface area contributed by atoms with Gasteiger partial charge in [-0.05, 0) is 45.7 Å². The van der Waals surface area contributed by atoms with Crippen molar-refractivity contribution in [2.45, 2.75) is 51.9 Å². The van der Waals surface area contributed by atoms with E-state index in [1.165, 1.54) is 0 Å². The molecule has 0 spiro atoms. The van der Waals surface area contributed by atoms with E-state index >= 15 is 0 Å². The zero-order valence-corrected chi connectivity index (χ0v) is 15.9. The maximum Gasteiger partial charge on any atom is 0.410 e. The van der Waals surface area contributed by atoms with Crippen LogP contribution in [-0.4, -0.2) is 53.9 Å². The van der Waals surface area contributed by atoms with Gasteiger partial charge in [0.05, 0.1) is 23.6 Å². The first kappa shape index (κ1) is 20.0. The number of nitro groups is 1. The molecule has 144 valence electrons. The maximum absolute atomic E-state index is 12.3. The fourth-order valence-electron chi connectivity index (χ4n) is 2.93. The summed E-state index contributed by atoms with van der Waals surface area (Å²) in [4.78, 5) is 24.8. The lowest BCUT2D eigenvalue weighted by molar-refractivity contribution is -0.384. The molecule has 1 fully saturated rings. The number of hydrogen-bond acceptors (Lipinski definition) is 6. The number of aryl methyl sites for hydroxylation is 1. The Balaban J connectivity index is 2.09. The van der Waals surface area contributed by atoms with Crippen molar-refractivity contribution in [1.29, 1.82) is 0 Å². The second-order valence-corrected chi connectivity index (χ2v) is 7.52. The summed E-state index contributed by atoms with van der Waals surface area (Å²) in [6.07, 6.45) is -0.0699. The predicted molar refractivity (Wildman–Crippen MR) is 98.5 cm³/mol. The second-order valence-electron chi connectivity index (χ2n) is 7.52. The minimum atomic E-state index is -0.558. The first-order valence-corrected chi connectivity index (χ1v) is 8.63. The summed E-state index contributed by atoms with van der Waals surface area (Å²) in [5, 5.41) is 14.5. The van der Waals surface area contributed by atoms with Crippen molar-refractivity contribution in [3.8, 4) is 0 Å². The highest BCUT2D eigenvalue weighted by Crippen LogP contribution is 2.28. The summed E-state index contributed by atoms with van der Waals surface area (Å²) in [5.41, 5.74) is 0.759. The molecule has 0 saturated carbocycles. The van der Waals surface area contributed by atoms with Crippen molar-refractivity contribution in [1.82, 2.24) is 4.90 Å². The molecule has 1 aliphatic rings. The third-order valence-electron chi connectivity index (χ3n) is 4.20. The number of rotatable bonds is 4. The third kappa shape index (κ3) is 5.08. The largest absolute Gasteiger partial charge is 0.444 e. The molecule has 1 aromatic carbocycles. The SMILES string of the molecule is CO[C@@H]1CN(C(=O)OC(C)(C)C)CC[C@H]1Nc1ccc(C)cc1[N+](=O)[O-]. The normalized spacial score (nSPS) is 20.6. The Hall–Kier alpha value is -2.35. The Labute approximate surface area is 153 Å². The van der Waals surface area contributed by atoms with Gasteiger partial charge >= 0.3 is 6.09 Å². The molecule has 26 heavy (non-hydrogen) atoms. The van der Waals surface area contributed by atoms with Gasteiger partial charge in [0.2, 0.25) is 0 Å². The number of amides is 1. The van der Waals surface area contributed by atoms with Crippen LogP contribution in [0.4, 0.5) is 16.2 Å². The number of nitrogens with one attached hydrogen (secondary N) is 1. The number of methoxy groups -OCH3 is 1. The Morgan fingerprint density at radius 3 is 2.65 bits per heavy atom. The molecule has 1 heterocycles. The lowest BCUT2D eigenvalue weighted by Crippen LogP contribution is -2.53. The first-order chi connectivity index (χ1) is 12.1. The van der Waals surface area contributed by atoms with Crippen LogP contribution < -0.4 is 5.32 Å². The first-order valence-electron chi connectivity index (χ1n) is 8.63. The van der Waals surface area contributed by atoms with Crippen molar-refractivity contribution >= 4 is 17.5 Å². The van der Waals surface area contributed by atoms with Gasteiger partial charge in [-0.15, -0.1) is 0 Å². The van der Waals surface area contributed by atoms with Gasteiger partial charge in [0.25, 0.3) is 5.69 Å². The van der Waals surface area contributed by atoms with Crippen molar-refractivity contribution in [2.24, 2.45) is 0 Å². The van der Waals surface area contributed by atoms with Crippen molar-refractivity contribution < 1.29 is 19.2 Å². The van der Waals surface area contributed by atoms with E-state index in [2.05, 4.69) is 5.32 Å². The van der Waals surface area contributed by atoms with Gasteiger partial charge < -0.3 is 19.7 Å². The van der Waals surface area contributed by atoms with Gasteiger partial charge in [0, 0.05) is 19.7 Å². The van der Waals surface area contributed by atoms with Gasteiger partial charge in [-0.3, -0.25) is 10.1 Å². The zero-order chi connectivity index (χ0) is 19.5. The molecule has 1 N–H and O–H groups in total. The lowest BCUT2D eigenvalue weighted by atomic mass is 10.0. The fraction of sp³-hybridized carbons (Fsp3) is 0.611. The molecule has 8 heteroatoms. The van der Waals surface area contributed by atoms with E-state index in [1.807, 2.05) is 33.8 Å². The summed E-state index contributed by atoms with van der Waals surface area (Å²) in [6, 6.07) is 4.94. The van der Waals surface area contributed by atoms with Crippen LogP contribution in [0.15, 0.2) is 18.2 Å². The van der Waals surface area contributed by atoms with E-state index in [-0.39, 0.29) is 23.9 Å². The number of benzene rings is 1. The Morgan fingerprint density at radius 1 is 1.38 bits per heavy atom. The number of likely N-dealkylation sites (tertiary alicyclic amines) is 1. The van der Waals surface area contributed by atoms with E-state index in [0.717, 1.165) is 5.56 Å². The molecule has 1 aromatic rings. The fourth-order valence-corrected chi connectivity index (χ4v) is 2.93. The van der Waals surface area contributed by atoms with Gasteiger partial charge in [-0.25, -0.2) is 4.79 Å². The van der Waals surface area contributed by atoms with E-state index in [0.29, 0.717) is 25.2 Å². The molecule has 1 amide bonds. The summed E-state index contributed by atoms with van der Waals surface area (Å²) in [5.74, 6) is 0. The van der Waals surface area contributed by atoms with Gasteiger partial charge in [0.1, 0.15) is 11.3 Å². The van der Waals surface area contributed by atoms with E-state index < -0.39 is 10.5 Å². The van der Waals surface area contributed by atoms with E-state index in [1.54, 1.807) is 24.1 Å². The average Bonchev–Trinajstić information content (AvgIpc) is 2.54. The van der Waals surface area contributed by atoms with Crippen molar-refractivity contribution in [3.05, 3.63) is 33.9 Å². The van der Waals surface area contributed by atoms with Crippen LogP contribution in [0.2, 0.25) is 0 Å².